The smallest absolute Gasteiger partial charge is 0.233 e. The van der Waals surface area contributed by atoms with Crippen LogP contribution in [-0.4, -0.2) is 41.7 Å². The first kappa shape index (κ1) is 18.2. The molecule has 0 radical (unpaired) electrons. The number of amides is 1. The molecule has 0 aromatic carbocycles. The summed E-state index contributed by atoms with van der Waals surface area (Å²) in [5.74, 6) is 0.171. The number of nitrogens with two attached hydrogens (primary N) is 1. The van der Waals surface area contributed by atoms with Crippen LogP contribution in [0.1, 0.15) is 19.3 Å². The minimum Gasteiger partial charge on any atom is -0.370 e. The summed E-state index contributed by atoms with van der Waals surface area (Å²) in [6.45, 7) is 2.56. The maximum absolute atomic E-state index is 12.7. The van der Waals surface area contributed by atoms with Gasteiger partial charge in [-0.15, -0.1) is 0 Å². The number of carbonyl (C=O) groups is 1. The van der Waals surface area contributed by atoms with E-state index in [-0.39, 0.29) is 11.8 Å². The lowest BCUT2D eigenvalue weighted by Gasteiger charge is -2.35. The molecule has 8 heteroatoms. The second-order valence-electron chi connectivity index (χ2n) is 7.09. The molecule has 2 aliphatic heterocycles. The SMILES string of the molecule is NCC1CCCN(c2c(Br)cnc3[nH]cc(NC(=O)C4C=NC=CC4)c23)C1. The third-order valence-corrected chi connectivity index (χ3v) is 5.82. The van der Waals surface area contributed by atoms with E-state index >= 15 is 0 Å². The molecule has 1 amide bonds. The molecule has 4 rings (SSSR count). The number of hydrogen-bond donors (Lipinski definition) is 3. The Hall–Kier alpha value is -2.19. The van der Waals surface area contributed by atoms with Crippen molar-refractivity contribution in [3.63, 3.8) is 0 Å². The van der Waals surface area contributed by atoms with Crippen molar-refractivity contribution in [3.8, 4) is 0 Å². The van der Waals surface area contributed by atoms with Crippen LogP contribution in [0, 0.1) is 11.8 Å². The van der Waals surface area contributed by atoms with Crippen molar-refractivity contribution in [2.24, 2.45) is 22.6 Å². The van der Waals surface area contributed by atoms with E-state index in [4.69, 9.17) is 5.73 Å². The molecule has 4 N–H and O–H groups in total. The number of halogens is 1. The summed E-state index contributed by atoms with van der Waals surface area (Å²) < 4.78 is 0.921. The molecule has 1 saturated heterocycles. The van der Waals surface area contributed by atoms with Gasteiger partial charge in [-0.3, -0.25) is 9.79 Å². The fourth-order valence-electron chi connectivity index (χ4n) is 3.81. The number of allylic oxidation sites excluding steroid dienone is 1. The van der Waals surface area contributed by atoms with E-state index in [1.807, 2.05) is 18.5 Å². The van der Waals surface area contributed by atoms with Crippen molar-refractivity contribution in [1.29, 1.82) is 0 Å². The van der Waals surface area contributed by atoms with Crippen LogP contribution in [0.3, 0.4) is 0 Å². The second kappa shape index (κ2) is 7.82. The first-order valence-corrected chi connectivity index (χ1v) is 10.1. The van der Waals surface area contributed by atoms with Gasteiger partial charge in [-0.05, 0) is 47.7 Å². The summed E-state index contributed by atoms with van der Waals surface area (Å²) >= 11 is 3.66. The normalized spacial score (nSPS) is 22.4. The lowest BCUT2D eigenvalue weighted by atomic mass is 9.97. The van der Waals surface area contributed by atoms with Crippen LogP contribution in [0.4, 0.5) is 11.4 Å². The zero-order chi connectivity index (χ0) is 18.8. The maximum Gasteiger partial charge on any atom is 0.233 e. The number of pyridine rings is 1. The summed E-state index contributed by atoms with van der Waals surface area (Å²) in [5, 5.41) is 3.99. The Morgan fingerprint density at radius 1 is 1.48 bits per heavy atom. The molecule has 2 aromatic rings. The van der Waals surface area contributed by atoms with Gasteiger partial charge in [-0.2, -0.15) is 0 Å². The number of piperidine rings is 1. The Kier molecular flexibility index (Phi) is 5.27. The highest BCUT2D eigenvalue weighted by Gasteiger charge is 2.25. The number of rotatable bonds is 4. The molecule has 0 saturated carbocycles. The predicted molar refractivity (Wildman–Crippen MR) is 112 cm³/mol. The van der Waals surface area contributed by atoms with Gasteiger partial charge >= 0.3 is 0 Å². The Bertz CT molecular complexity index is 905. The highest BCUT2D eigenvalue weighted by atomic mass is 79.9. The first-order valence-electron chi connectivity index (χ1n) is 9.27. The van der Waals surface area contributed by atoms with E-state index in [2.05, 4.69) is 41.1 Å². The number of carbonyl (C=O) groups excluding carboxylic acids is 1. The van der Waals surface area contributed by atoms with Gasteiger partial charge in [0.05, 0.1) is 27.2 Å². The number of aromatic nitrogens is 2. The highest BCUT2D eigenvalue weighted by Crippen LogP contribution is 2.39. The van der Waals surface area contributed by atoms with Crippen molar-refractivity contribution < 1.29 is 4.79 Å². The number of aromatic amines is 1. The molecule has 1 fully saturated rings. The lowest BCUT2D eigenvalue weighted by Crippen LogP contribution is -2.38. The van der Waals surface area contributed by atoms with Crippen molar-refractivity contribution >= 4 is 50.5 Å². The van der Waals surface area contributed by atoms with Crippen LogP contribution in [0.15, 0.2) is 34.1 Å². The van der Waals surface area contributed by atoms with Crippen LogP contribution in [0.5, 0.6) is 0 Å². The molecule has 2 unspecified atom stereocenters. The molecule has 4 heterocycles. The number of nitrogens with one attached hydrogen (secondary N) is 2. The van der Waals surface area contributed by atoms with Crippen LogP contribution in [0.25, 0.3) is 11.0 Å². The highest BCUT2D eigenvalue weighted by molar-refractivity contribution is 9.10. The van der Waals surface area contributed by atoms with Crippen LogP contribution in [-0.2, 0) is 4.79 Å². The summed E-state index contributed by atoms with van der Waals surface area (Å²) in [6, 6.07) is 0. The second-order valence-corrected chi connectivity index (χ2v) is 7.94. The summed E-state index contributed by atoms with van der Waals surface area (Å²) in [5.41, 5.74) is 8.49. The minimum absolute atomic E-state index is 0.0617. The zero-order valence-corrected chi connectivity index (χ0v) is 16.6. The fraction of sp³-hybridized carbons (Fsp3) is 0.421. The summed E-state index contributed by atoms with van der Waals surface area (Å²) in [6.07, 6.45) is 11.9. The van der Waals surface area contributed by atoms with Gasteiger partial charge in [0.15, 0.2) is 0 Å². The molecule has 2 aliphatic rings. The number of hydrogen-bond acceptors (Lipinski definition) is 5. The van der Waals surface area contributed by atoms with Gasteiger partial charge in [0.25, 0.3) is 0 Å². The number of anilines is 2. The van der Waals surface area contributed by atoms with Gasteiger partial charge in [-0.1, -0.05) is 6.08 Å². The van der Waals surface area contributed by atoms with Gasteiger partial charge in [-0.25, -0.2) is 4.98 Å². The van der Waals surface area contributed by atoms with Crippen LogP contribution >= 0.6 is 15.9 Å². The molecule has 2 atom stereocenters. The van der Waals surface area contributed by atoms with Gasteiger partial charge in [0, 0.05) is 37.9 Å². The number of nitrogens with zero attached hydrogens (tertiary/aromatic N) is 3. The quantitative estimate of drug-likeness (QED) is 0.693. The molecule has 27 heavy (non-hydrogen) atoms. The molecule has 142 valence electrons. The molecule has 7 nitrogen and oxygen atoms in total. The molecule has 0 aliphatic carbocycles. The van der Waals surface area contributed by atoms with E-state index in [9.17, 15) is 4.79 Å². The van der Waals surface area contributed by atoms with Gasteiger partial charge < -0.3 is 20.9 Å². The Morgan fingerprint density at radius 2 is 2.37 bits per heavy atom. The largest absolute Gasteiger partial charge is 0.370 e. The standard InChI is InChI=1S/C19H23BrN6O/c20-14-9-23-18-16(17(14)26-6-2-3-12(7-21)11-26)15(10-24-18)25-19(27)13-4-1-5-22-8-13/h1,5,8-10,12-13H,2-4,6-7,11,21H2,(H,23,24)(H,25,27). The lowest BCUT2D eigenvalue weighted by molar-refractivity contribution is -0.117. The predicted octanol–water partition coefficient (Wildman–Crippen LogP) is 3.04. The van der Waals surface area contributed by atoms with Gasteiger partial charge in [0.1, 0.15) is 5.65 Å². The van der Waals surface area contributed by atoms with Crippen molar-refractivity contribution in [2.75, 3.05) is 29.9 Å². The van der Waals surface area contributed by atoms with E-state index in [0.717, 1.165) is 52.8 Å². The average Bonchev–Trinajstić information content (AvgIpc) is 3.11. The third-order valence-electron chi connectivity index (χ3n) is 5.24. The topological polar surface area (TPSA) is 99.4 Å². The minimum atomic E-state index is -0.250. The monoisotopic (exact) mass is 430 g/mol. The fourth-order valence-corrected chi connectivity index (χ4v) is 4.36. The summed E-state index contributed by atoms with van der Waals surface area (Å²) in [4.78, 5) is 26.8. The maximum atomic E-state index is 12.7. The number of aliphatic imine (C=N–C) groups is 1. The molecular formula is C19H23BrN6O. The Morgan fingerprint density at radius 3 is 3.15 bits per heavy atom. The zero-order valence-electron chi connectivity index (χ0n) is 15.0. The first-order chi connectivity index (χ1) is 13.2. The van der Waals surface area contributed by atoms with Crippen molar-refractivity contribution in [1.82, 2.24) is 9.97 Å². The van der Waals surface area contributed by atoms with Crippen molar-refractivity contribution in [3.05, 3.63) is 29.1 Å². The van der Waals surface area contributed by atoms with Gasteiger partial charge in [0.2, 0.25) is 5.91 Å². The Balaban J connectivity index is 1.68. The molecule has 0 bridgehead atoms. The van der Waals surface area contributed by atoms with E-state index in [1.54, 1.807) is 12.4 Å². The van der Waals surface area contributed by atoms with E-state index in [0.29, 0.717) is 18.9 Å². The van der Waals surface area contributed by atoms with Crippen molar-refractivity contribution in [2.45, 2.75) is 19.3 Å². The molecule has 0 spiro atoms. The van der Waals surface area contributed by atoms with Crippen LogP contribution < -0.4 is 16.0 Å². The Labute approximate surface area is 166 Å². The third kappa shape index (κ3) is 3.64. The average molecular weight is 431 g/mol. The number of H-pyrrole nitrogens is 1. The van der Waals surface area contributed by atoms with E-state index < -0.39 is 0 Å². The number of fused-ring (bicyclic) bond motifs is 1. The summed E-state index contributed by atoms with van der Waals surface area (Å²) in [7, 11) is 0. The molecular weight excluding hydrogens is 408 g/mol. The van der Waals surface area contributed by atoms with E-state index in [1.165, 1.54) is 0 Å². The van der Waals surface area contributed by atoms with Crippen LogP contribution in [0.2, 0.25) is 0 Å². The molecule has 2 aromatic heterocycles.